The Kier molecular flexibility index (Phi) is 6.73. The van der Waals surface area contributed by atoms with E-state index in [9.17, 15) is 4.79 Å². The Bertz CT molecular complexity index is 705. The Balaban J connectivity index is 2.39. The van der Waals surface area contributed by atoms with Gasteiger partial charge in [0, 0.05) is 14.2 Å². The van der Waals surface area contributed by atoms with Crippen LogP contribution in [0.5, 0.6) is 5.75 Å². The zero-order valence-electron chi connectivity index (χ0n) is 14.2. The van der Waals surface area contributed by atoms with Gasteiger partial charge in [-0.15, -0.1) is 0 Å². The topological polar surface area (TPSA) is 44.8 Å². The van der Waals surface area contributed by atoms with Gasteiger partial charge in [0.2, 0.25) is 0 Å². The molecule has 0 unspecified atom stereocenters. The van der Waals surface area contributed by atoms with E-state index in [-0.39, 0.29) is 5.78 Å². The maximum absolute atomic E-state index is 12.7. The summed E-state index contributed by atoms with van der Waals surface area (Å²) in [4.78, 5) is 12.7. The molecule has 4 nitrogen and oxygen atoms in total. The van der Waals surface area contributed by atoms with Crippen LogP contribution in [0.25, 0.3) is 6.08 Å². The second-order valence-electron chi connectivity index (χ2n) is 5.31. The summed E-state index contributed by atoms with van der Waals surface area (Å²) >= 11 is 0. The molecule has 0 heterocycles. The first-order valence-corrected chi connectivity index (χ1v) is 7.64. The predicted octanol–water partition coefficient (Wildman–Crippen LogP) is 3.88. The lowest BCUT2D eigenvalue weighted by molar-refractivity contribution is 0.103. The second kappa shape index (κ2) is 9.01. The summed E-state index contributed by atoms with van der Waals surface area (Å²) in [7, 11) is 4.79. The molecule has 0 saturated carbocycles. The van der Waals surface area contributed by atoms with Crippen LogP contribution in [0.1, 0.15) is 27.0 Å². The van der Waals surface area contributed by atoms with Crippen LogP contribution >= 0.6 is 0 Å². The number of carbonyl (C=O) groups is 1. The minimum absolute atomic E-state index is 0.119. The molecule has 2 aromatic carbocycles. The molecule has 2 aromatic rings. The van der Waals surface area contributed by atoms with Crippen LogP contribution in [0.2, 0.25) is 0 Å². The molecule has 0 N–H and O–H groups in total. The number of allylic oxidation sites excluding steroid dienone is 1. The van der Waals surface area contributed by atoms with Crippen LogP contribution in [0.4, 0.5) is 0 Å². The van der Waals surface area contributed by atoms with Gasteiger partial charge in [-0.25, -0.2) is 0 Å². The molecule has 0 saturated heterocycles. The highest BCUT2D eigenvalue weighted by Gasteiger charge is 2.17. The van der Waals surface area contributed by atoms with E-state index in [2.05, 4.69) is 0 Å². The molecule has 24 heavy (non-hydrogen) atoms. The fourth-order valence-electron chi connectivity index (χ4n) is 2.52. The van der Waals surface area contributed by atoms with Crippen molar-refractivity contribution in [3.63, 3.8) is 0 Å². The van der Waals surface area contributed by atoms with Crippen molar-refractivity contribution in [3.8, 4) is 5.75 Å². The van der Waals surface area contributed by atoms with Crippen molar-refractivity contribution >= 4 is 11.9 Å². The largest absolute Gasteiger partial charge is 0.496 e. The van der Waals surface area contributed by atoms with Crippen LogP contribution in [0.3, 0.4) is 0 Å². The maximum Gasteiger partial charge on any atom is 0.189 e. The van der Waals surface area contributed by atoms with Gasteiger partial charge in [-0.3, -0.25) is 4.79 Å². The molecular weight excluding hydrogens is 304 g/mol. The van der Waals surface area contributed by atoms with Gasteiger partial charge in [0.05, 0.1) is 25.9 Å². The SMILES string of the molecule is COCc1cc(COC)c(C(=O)/C=C/c2ccccc2)c(OC)c1. The summed E-state index contributed by atoms with van der Waals surface area (Å²) in [5.41, 5.74) is 3.21. The Labute approximate surface area is 142 Å². The summed E-state index contributed by atoms with van der Waals surface area (Å²) < 4.78 is 15.8. The molecule has 0 aliphatic rings. The average molecular weight is 326 g/mol. The molecule has 0 aliphatic carbocycles. The van der Waals surface area contributed by atoms with E-state index in [1.807, 2.05) is 42.5 Å². The molecule has 0 fully saturated rings. The lowest BCUT2D eigenvalue weighted by Crippen LogP contribution is -2.07. The Morgan fingerprint density at radius 3 is 2.33 bits per heavy atom. The Morgan fingerprint density at radius 1 is 1.00 bits per heavy atom. The van der Waals surface area contributed by atoms with Crippen molar-refractivity contribution in [2.45, 2.75) is 13.2 Å². The van der Waals surface area contributed by atoms with Gasteiger partial charge < -0.3 is 14.2 Å². The van der Waals surface area contributed by atoms with Crippen molar-refractivity contribution in [1.29, 1.82) is 0 Å². The third-order valence-electron chi connectivity index (χ3n) is 3.55. The van der Waals surface area contributed by atoms with Crippen molar-refractivity contribution in [3.05, 3.63) is 70.8 Å². The van der Waals surface area contributed by atoms with Crippen LogP contribution in [0.15, 0.2) is 48.5 Å². The molecule has 0 spiro atoms. The van der Waals surface area contributed by atoms with Gasteiger partial charge >= 0.3 is 0 Å². The normalized spacial score (nSPS) is 11.0. The molecule has 0 atom stereocenters. The highest BCUT2D eigenvalue weighted by Crippen LogP contribution is 2.27. The molecule has 4 heteroatoms. The fourth-order valence-corrected chi connectivity index (χ4v) is 2.52. The number of carbonyl (C=O) groups excluding carboxylic acids is 1. The van der Waals surface area contributed by atoms with Crippen LogP contribution in [-0.4, -0.2) is 27.1 Å². The van der Waals surface area contributed by atoms with E-state index in [1.165, 1.54) is 0 Å². The predicted molar refractivity (Wildman–Crippen MR) is 94.2 cm³/mol. The van der Waals surface area contributed by atoms with Gasteiger partial charge in [0.25, 0.3) is 0 Å². The van der Waals surface area contributed by atoms with Gasteiger partial charge in [-0.1, -0.05) is 42.5 Å². The first kappa shape index (κ1) is 17.9. The zero-order chi connectivity index (χ0) is 17.4. The average Bonchev–Trinajstić information content (AvgIpc) is 2.60. The second-order valence-corrected chi connectivity index (χ2v) is 5.31. The van der Waals surface area contributed by atoms with Gasteiger partial charge in [0.15, 0.2) is 5.78 Å². The Hall–Kier alpha value is -2.43. The third kappa shape index (κ3) is 4.54. The first-order valence-electron chi connectivity index (χ1n) is 7.64. The summed E-state index contributed by atoms with van der Waals surface area (Å²) in [6.07, 6.45) is 3.35. The lowest BCUT2D eigenvalue weighted by Gasteiger charge is -2.14. The van der Waals surface area contributed by atoms with Crippen LogP contribution in [0, 0.1) is 0 Å². The van der Waals surface area contributed by atoms with Crippen molar-refractivity contribution in [2.75, 3.05) is 21.3 Å². The number of ketones is 1. The number of benzene rings is 2. The molecule has 0 aliphatic heterocycles. The maximum atomic E-state index is 12.7. The number of methoxy groups -OCH3 is 3. The van der Waals surface area contributed by atoms with E-state index >= 15 is 0 Å². The lowest BCUT2D eigenvalue weighted by atomic mass is 9.99. The summed E-state index contributed by atoms with van der Waals surface area (Å²) in [6.45, 7) is 0.773. The number of ether oxygens (including phenoxy) is 3. The Morgan fingerprint density at radius 2 is 1.71 bits per heavy atom. The van der Waals surface area contributed by atoms with Crippen LogP contribution in [-0.2, 0) is 22.7 Å². The van der Waals surface area contributed by atoms with E-state index in [0.29, 0.717) is 24.5 Å². The van der Waals surface area contributed by atoms with Gasteiger partial charge in [-0.05, 0) is 28.8 Å². The van der Waals surface area contributed by atoms with Gasteiger partial charge in [-0.2, -0.15) is 0 Å². The molecular formula is C20H22O4. The summed E-state index contributed by atoms with van der Waals surface area (Å²) in [5, 5.41) is 0. The monoisotopic (exact) mass is 326 g/mol. The van der Waals surface area contributed by atoms with Crippen molar-refractivity contribution < 1.29 is 19.0 Å². The fraction of sp³-hybridized carbons (Fsp3) is 0.250. The quantitative estimate of drug-likeness (QED) is 0.545. The van der Waals surface area contributed by atoms with E-state index < -0.39 is 0 Å². The van der Waals surface area contributed by atoms with E-state index in [0.717, 1.165) is 16.7 Å². The number of hydrogen-bond donors (Lipinski definition) is 0. The standard InChI is InChI=1S/C20H22O4/c1-22-13-16-11-17(14-23-2)20(19(12-16)24-3)18(21)10-9-15-7-5-4-6-8-15/h4-12H,13-14H2,1-3H3/b10-9+. The minimum atomic E-state index is -0.119. The zero-order valence-corrected chi connectivity index (χ0v) is 14.2. The van der Waals surface area contributed by atoms with Crippen molar-refractivity contribution in [1.82, 2.24) is 0 Å². The number of hydrogen-bond acceptors (Lipinski definition) is 4. The highest BCUT2D eigenvalue weighted by atomic mass is 16.5. The summed E-state index contributed by atoms with van der Waals surface area (Å²) in [6, 6.07) is 13.4. The van der Waals surface area contributed by atoms with E-state index in [1.54, 1.807) is 33.5 Å². The van der Waals surface area contributed by atoms with E-state index in [4.69, 9.17) is 14.2 Å². The molecule has 0 bridgehead atoms. The molecule has 2 rings (SSSR count). The number of rotatable bonds is 8. The third-order valence-corrected chi connectivity index (χ3v) is 3.55. The first-order chi connectivity index (χ1) is 11.7. The minimum Gasteiger partial charge on any atom is -0.496 e. The van der Waals surface area contributed by atoms with Crippen LogP contribution < -0.4 is 4.74 Å². The van der Waals surface area contributed by atoms with Crippen molar-refractivity contribution in [2.24, 2.45) is 0 Å². The van der Waals surface area contributed by atoms with Gasteiger partial charge in [0.1, 0.15) is 5.75 Å². The molecule has 0 aromatic heterocycles. The molecule has 0 amide bonds. The smallest absolute Gasteiger partial charge is 0.189 e. The molecule has 0 radical (unpaired) electrons. The highest BCUT2D eigenvalue weighted by molar-refractivity contribution is 6.09. The summed E-state index contributed by atoms with van der Waals surface area (Å²) in [5.74, 6) is 0.408. The molecule has 126 valence electrons.